The van der Waals surface area contributed by atoms with E-state index in [0.717, 1.165) is 38.4 Å². The van der Waals surface area contributed by atoms with E-state index in [4.69, 9.17) is 28.5 Å². The van der Waals surface area contributed by atoms with Crippen LogP contribution in [0.25, 0.3) is 17.0 Å². The Morgan fingerprint density at radius 2 is 1.68 bits per heavy atom. The number of aliphatic carboxylic acids is 2. The Labute approximate surface area is 230 Å². The van der Waals surface area contributed by atoms with Crippen molar-refractivity contribution in [2.75, 3.05) is 53.7 Å². The summed E-state index contributed by atoms with van der Waals surface area (Å²) >= 11 is 0. The summed E-state index contributed by atoms with van der Waals surface area (Å²) in [6.07, 6.45) is 5.79. The largest absolute Gasteiger partial charge is 0.545 e. The molecule has 0 atom stereocenters. The van der Waals surface area contributed by atoms with Gasteiger partial charge in [-0.3, -0.25) is 4.79 Å². The van der Waals surface area contributed by atoms with Crippen molar-refractivity contribution in [1.82, 2.24) is 0 Å². The second kappa shape index (κ2) is 15.1. The first-order valence-electron chi connectivity index (χ1n) is 12.4. The molecule has 1 aliphatic heterocycles. The van der Waals surface area contributed by atoms with E-state index in [0.29, 0.717) is 52.5 Å². The number of carboxylic acid groups (broad SMARTS) is 2. The van der Waals surface area contributed by atoms with Gasteiger partial charge in [0.2, 0.25) is 5.75 Å². The first-order chi connectivity index (χ1) is 19.3. The van der Waals surface area contributed by atoms with Crippen LogP contribution < -0.4 is 24.2 Å². The minimum absolute atomic E-state index is 0.235. The second-order valence-corrected chi connectivity index (χ2v) is 8.49. The summed E-state index contributed by atoms with van der Waals surface area (Å²) in [6.45, 7) is 4.58. The summed E-state index contributed by atoms with van der Waals surface area (Å²) < 4.78 is 28.5. The molecule has 0 bridgehead atoms. The number of hydrogen-bond donors (Lipinski definition) is 2. The Kier molecular flexibility index (Phi) is 11.3. The Bertz CT molecular complexity index is 1340. The zero-order valence-electron chi connectivity index (χ0n) is 22.2. The van der Waals surface area contributed by atoms with Gasteiger partial charge in [0, 0.05) is 6.08 Å². The molecule has 11 nitrogen and oxygen atoms in total. The fourth-order valence-electron chi connectivity index (χ4n) is 4.04. The number of furan rings is 1. The van der Waals surface area contributed by atoms with Gasteiger partial charge in [-0.05, 0) is 23.8 Å². The Hall–Kier alpha value is -4.61. The maximum absolute atomic E-state index is 13.4. The van der Waals surface area contributed by atoms with Crippen molar-refractivity contribution in [3.05, 3.63) is 72.0 Å². The van der Waals surface area contributed by atoms with Crippen molar-refractivity contribution in [2.45, 2.75) is 0 Å². The molecule has 0 aliphatic carbocycles. The van der Waals surface area contributed by atoms with Crippen LogP contribution in [0.3, 0.4) is 0 Å². The van der Waals surface area contributed by atoms with E-state index in [-0.39, 0.29) is 5.78 Å². The van der Waals surface area contributed by atoms with Gasteiger partial charge in [0.05, 0.1) is 45.1 Å². The van der Waals surface area contributed by atoms with Crippen LogP contribution in [-0.4, -0.2) is 76.5 Å². The van der Waals surface area contributed by atoms with Crippen LogP contribution in [0.5, 0.6) is 17.2 Å². The molecule has 0 radical (unpaired) electrons. The van der Waals surface area contributed by atoms with Gasteiger partial charge in [0.25, 0.3) is 0 Å². The van der Waals surface area contributed by atoms with Crippen LogP contribution in [0.15, 0.2) is 65.3 Å². The number of carboxylic acids is 2. The van der Waals surface area contributed by atoms with Gasteiger partial charge < -0.3 is 43.3 Å². The molecular weight excluding hydrogens is 522 g/mol. The highest BCUT2D eigenvalue weighted by molar-refractivity contribution is 6.15. The summed E-state index contributed by atoms with van der Waals surface area (Å²) in [6, 6.07) is 11.4. The molecule has 212 valence electrons. The van der Waals surface area contributed by atoms with Crippen molar-refractivity contribution < 1.29 is 52.9 Å². The van der Waals surface area contributed by atoms with Gasteiger partial charge in [-0.25, -0.2) is 4.79 Å². The van der Waals surface area contributed by atoms with Crippen LogP contribution in [0.2, 0.25) is 0 Å². The number of quaternary nitrogens is 1. The zero-order chi connectivity index (χ0) is 28.9. The predicted molar refractivity (Wildman–Crippen MR) is 143 cm³/mol. The molecular formula is C29H31NO10. The topological polar surface area (TPSA) is 149 Å². The van der Waals surface area contributed by atoms with Crippen LogP contribution in [0, 0.1) is 0 Å². The number of carbonyl (C=O) groups is 3. The lowest BCUT2D eigenvalue weighted by Gasteiger charge is -2.24. The first-order valence-corrected chi connectivity index (χ1v) is 12.4. The van der Waals surface area contributed by atoms with E-state index in [9.17, 15) is 19.5 Å². The molecule has 1 saturated heterocycles. The number of carbonyl (C=O) groups excluding carboxylic acids is 2. The van der Waals surface area contributed by atoms with Gasteiger partial charge in [-0.2, -0.15) is 0 Å². The summed E-state index contributed by atoms with van der Waals surface area (Å²) in [4.78, 5) is 33.7. The van der Waals surface area contributed by atoms with Crippen molar-refractivity contribution in [1.29, 1.82) is 0 Å². The number of fused-ring (bicyclic) bond motifs is 1. The number of benzene rings is 2. The third kappa shape index (κ3) is 8.19. The smallest absolute Gasteiger partial charge is 0.328 e. The fourth-order valence-corrected chi connectivity index (χ4v) is 4.04. The average molecular weight is 554 g/mol. The van der Waals surface area contributed by atoms with Crippen LogP contribution >= 0.6 is 0 Å². The lowest BCUT2D eigenvalue weighted by molar-refractivity contribution is -0.908. The van der Waals surface area contributed by atoms with Crippen molar-refractivity contribution >= 4 is 34.8 Å². The maximum Gasteiger partial charge on any atom is 0.328 e. The van der Waals surface area contributed by atoms with Crippen molar-refractivity contribution in [3.8, 4) is 17.2 Å². The third-order valence-electron chi connectivity index (χ3n) is 5.92. The monoisotopic (exact) mass is 553 g/mol. The number of allylic oxidation sites excluding steroid dienone is 1. The SMILES string of the molecule is COc1c(C(=O)/C=C/c2ccccc2)c(OCC[NH+]2CCOCC2)c(OC)c2occc12.O=C([O-])/C=C\C(=O)O. The maximum atomic E-state index is 13.4. The molecule has 3 aromatic rings. The summed E-state index contributed by atoms with van der Waals surface area (Å²) in [5, 5.41) is 17.9. The molecule has 11 heteroatoms. The highest BCUT2D eigenvalue weighted by Crippen LogP contribution is 2.46. The van der Waals surface area contributed by atoms with E-state index in [1.165, 1.54) is 25.2 Å². The van der Waals surface area contributed by atoms with E-state index < -0.39 is 11.9 Å². The number of methoxy groups -OCH3 is 2. The van der Waals surface area contributed by atoms with Crippen molar-refractivity contribution in [2.24, 2.45) is 0 Å². The zero-order valence-corrected chi connectivity index (χ0v) is 22.2. The fraction of sp³-hybridized carbons (Fsp3) is 0.276. The predicted octanol–water partition coefficient (Wildman–Crippen LogP) is 1.02. The lowest BCUT2D eigenvalue weighted by atomic mass is 10.0. The standard InChI is InChI=1S/C25H27NO6.C4H4O4/c1-28-22-19-10-14-31-23(19)25(29-2)24(32-17-13-26-11-15-30-16-12-26)21(22)20(27)9-8-18-6-4-3-5-7-18;5-3(6)1-2-4(7)8/h3-10,14H,11-13,15-17H2,1-2H3;1-2H,(H,5,6)(H,7,8)/b9-8+;2-1-. The molecule has 2 N–H and O–H groups in total. The second-order valence-electron chi connectivity index (χ2n) is 8.49. The molecule has 1 fully saturated rings. The quantitative estimate of drug-likeness (QED) is 0.260. The first kappa shape index (κ1) is 29.9. The van der Waals surface area contributed by atoms with E-state index in [2.05, 4.69) is 0 Å². The molecule has 1 aromatic heterocycles. The number of ether oxygens (including phenoxy) is 4. The summed E-state index contributed by atoms with van der Waals surface area (Å²) in [7, 11) is 3.07. The van der Waals surface area contributed by atoms with Gasteiger partial charge >= 0.3 is 5.97 Å². The van der Waals surface area contributed by atoms with Gasteiger partial charge in [0.1, 0.15) is 37.6 Å². The van der Waals surface area contributed by atoms with Crippen LogP contribution in [0.1, 0.15) is 15.9 Å². The third-order valence-corrected chi connectivity index (χ3v) is 5.92. The Morgan fingerprint density at radius 3 is 2.27 bits per heavy atom. The number of nitrogens with one attached hydrogen (secondary N) is 1. The van der Waals surface area contributed by atoms with Crippen LogP contribution in [0.4, 0.5) is 0 Å². The minimum atomic E-state index is -1.51. The molecule has 0 amide bonds. The number of ketones is 1. The summed E-state index contributed by atoms with van der Waals surface area (Å²) in [5.41, 5.74) is 1.73. The van der Waals surface area contributed by atoms with E-state index >= 15 is 0 Å². The highest BCUT2D eigenvalue weighted by Gasteiger charge is 2.28. The lowest BCUT2D eigenvalue weighted by Crippen LogP contribution is -3.14. The number of morpholine rings is 1. The molecule has 2 heterocycles. The molecule has 0 unspecified atom stereocenters. The molecule has 4 rings (SSSR count). The molecule has 40 heavy (non-hydrogen) atoms. The Morgan fingerprint density at radius 1 is 0.975 bits per heavy atom. The van der Waals surface area contributed by atoms with Gasteiger partial charge in [-0.15, -0.1) is 0 Å². The molecule has 0 saturated carbocycles. The highest BCUT2D eigenvalue weighted by atomic mass is 16.5. The van der Waals surface area contributed by atoms with Gasteiger partial charge in [0.15, 0.2) is 17.1 Å². The van der Waals surface area contributed by atoms with Gasteiger partial charge in [-0.1, -0.05) is 36.4 Å². The van der Waals surface area contributed by atoms with Crippen molar-refractivity contribution in [3.63, 3.8) is 0 Å². The van der Waals surface area contributed by atoms with Crippen LogP contribution in [-0.2, 0) is 14.3 Å². The van der Waals surface area contributed by atoms with E-state index in [1.807, 2.05) is 30.3 Å². The molecule has 2 aromatic carbocycles. The van der Waals surface area contributed by atoms with E-state index in [1.54, 1.807) is 18.4 Å². The average Bonchev–Trinajstić information content (AvgIpc) is 3.45. The number of rotatable bonds is 11. The number of hydrogen-bond acceptors (Lipinski definition) is 9. The molecule has 0 spiro atoms. The Balaban J connectivity index is 0.000000482. The normalized spacial score (nSPS) is 13.7. The molecule has 1 aliphatic rings. The summed E-state index contributed by atoms with van der Waals surface area (Å²) in [5.74, 6) is -1.91. The minimum Gasteiger partial charge on any atom is -0.545 e.